The minimum Gasteiger partial charge on any atom is -0.377 e. The maximum atomic E-state index is 5.78. The minimum absolute atomic E-state index is 0.311. The summed E-state index contributed by atoms with van der Waals surface area (Å²) in [5, 5.41) is 3.33. The molecule has 1 aliphatic heterocycles. The predicted octanol–water partition coefficient (Wildman–Crippen LogP) is 0.554. The van der Waals surface area contributed by atoms with E-state index in [9.17, 15) is 0 Å². The number of terminal acetylenes is 1. The lowest BCUT2D eigenvalue weighted by atomic mass is 10.1. The summed E-state index contributed by atoms with van der Waals surface area (Å²) in [6, 6.07) is 0. The second kappa shape index (κ2) is 32.6. The van der Waals surface area contributed by atoms with Gasteiger partial charge in [-0.3, -0.25) is 0 Å². The number of rotatable bonds is 32. The van der Waals surface area contributed by atoms with Gasteiger partial charge in [0.2, 0.25) is 0 Å². The van der Waals surface area contributed by atoms with Crippen LogP contribution in [0.1, 0.15) is 12.8 Å². The molecular weight excluding hydrogens is 526 g/mol. The zero-order chi connectivity index (χ0) is 28.4. The Labute approximate surface area is 240 Å². The maximum absolute atomic E-state index is 5.78. The molecule has 0 spiro atoms. The summed E-state index contributed by atoms with van der Waals surface area (Å²) < 4.78 is 59.9. The van der Waals surface area contributed by atoms with Crippen LogP contribution < -0.4 is 5.32 Å². The normalized spacial score (nSPS) is 14.1. The molecule has 236 valence electrons. The molecule has 1 N–H and O–H groups in total. The summed E-state index contributed by atoms with van der Waals surface area (Å²) in [6.45, 7) is 13.1. The Morgan fingerprint density at radius 2 is 0.700 bits per heavy atom. The third-order valence-corrected chi connectivity index (χ3v) is 5.40. The molecule has 1 rings (SSSR count). The molecule has 12 nitrogen and oxygen atoms in total. The van der Waals surface area contributed by atoms with Gasteiger partial charge in [-0.05, 0) is 25.9 Å². The first-order valence-corrected chi connectivity index (χ1v) is 14.5. The van der Waals surface area contributed by atoms with E-state index < -0.39 is 0 Å². The van der Waals surface area contributed by atoms with Crippen LogP contribution >= 0.6 is 0 Å². The highest BCUT2D eigenvalue weighted by Crippen LogP contribution is 2.06. The van der Waals surface area contributed by atoms with E-state index in [4.69, 9.17) is 58.5 Å². The number of hydrogen-bond donors (Lipinski definition) is 1. The summed E-state index contributed by atoms with van der Waals surface area (Å²) in [6.07, 6.45) is 7.61. The molecule has 1 fully saturated rings. The van der Waals surface area contributed by atoms with Crippen molar-refractivity contribution in [3.05, 3.63) is 0 Å². The molecule has 1 aliphatic rings. The SMILES string of the molecule is C#CCOCCOCCOCCOCCOCCOCCOCCOCCOCCOCCOC1CCNCC1. The van der Waals surface area contributed by atoms with E-state index >= 15 is 0 Å². The van der Waals surface area contributed by atoms with Crippen molar-refractivity contribution in [2.75, 3.05) is 152 Å². The Hall–Kier alpha value is -0.920. The molecule has 0 bridgehead atoms. The monoisotopic (exact) mass is 579 g/mol. The molecule has 0 aromatic carbocycles. The lowest BCUT2D eigenvalue weighted by molar-refractivity contribution is -0.0323. The zero-order valence-electron chi connectivity index (χ0n) is 24.3. The highest BCUT2D eigenvalue weighted by Gasteiger charge is 2.12. The third kappa shape index (κ3) is 28.6. The minimum atomic E-state index is 0.311. The average Bonchev–Trinajstić information content (AvgIpc) is 2.98. The highest BCUT2D eigenvalue weighted by atomic mass is 16.6. The van der Waals surface area contributed by atoms with Crippen molar-refractivity contribution in [1.29, 1.82) is 0 Å². The summed E-state index contributed by atoms with van der Waals surface area (Å²) in [5.41, 5.74) is 0. The van der Waals surface area contributed by atoms with Gasteiger partial charge in [0, 0.05) is 0 Å². The van der Waals surface area contributed by atoms with E-state index in [-0.39, 0.29) is 0 Å². The van der Waals surface area contributed by atoms with E-state index in [1.807, 2.05) is 0 Å². The molecule has 0 aromatic heterocycles. The average molecular weight is 580 g/mol. The van der Waals surface area contributed by atoms with Gasteiger partial charge in [-0.2, -0.15) is 0 Å². The second-order valence-corrected chi connectivity index (χ2v) is 8.59. The van der Waals surface area contributed by atoms with Crippen molar-refractivity contribution < 1.29 is 52.1 Å². The molecular formula is C28H53NO11. The zero-order valence-corrected chi connectivity index (χ0v) is 24.3. The van der Waals surface area contributed by atoms with Gasteiger partial charge in [-0.25, -0.2) is 0 Å². The van der Waals surface area contributed by atoms with Crippen LogP contribution in [0.2, 0.25) is 0 Å². The van der Waals surface area contributed by atoms with Crippen LogP contribution in [0, 0.1) is 12.3 Å². The van der Waals surface area contributed by atoms with Crippen LogP contribution in [0.3, 0.4) is 0 Å². The Bertz CT molecular complexity index is 533. The Morgan fingerprint density at radius 3 is 1.00 bits per heavy atom. The molecule has 0 aromatic rings. The van der Waals surface area contributed by atoms with Crippen LogP contribution in [-0.2, 0) is 52.1 Å². The van der Waals surface area contributed by atoms with Gasteiger partial charge in [0.15, 0.2) is 0 Å². The van der Waals surface area contributed by atoms with Crippen LogP contribution in [0.5, 0.6) is 0 Å². The Balaban J connectivity index is 1.60. The van der Waals surface area contributed by atoms with E-state index in [1.54, 1.807) is 0 Å². The fourth-order valence-electron chi connectivity index (χ4n) is 3.35. The summed E-state index contributed by atoms with van der Waals surface area (Å²) in [4.78, 5) is 0. The lowest BCUT2D eigenvalue weighted by Gasteiger charge is -2.22. The first kappa shape index (κ1) is 37.1. The smallest absolute Gasteiger partial charge is 0.107 e. The van der Waals surface area contributed by atoms with Gasteiger partial charge in [0.25, 0.3) is 0 Å². The number of ether oxygens (including phenoxy) is 11. The molecule has 1 heterocycles. The van der Waals surface area contributed by atoms with Gasteiger partial charge in [-0.1, -0.05) is 5.92 Å². The van der Waals surface area contributed by atoms with E-state index in [1.165, 1.54) is 0 Å². The van der Waals surface area contributed by atoms with E-state index in [2.05, 4.69) is 11.2 Å². The van der Waals surface area contributed by atoms with Gasteiger partial charge < -0.3 is 57.4 Å². The van der Waals surface area contributed by atoms with E-state index in [0.29, 0.717) is 145 Å². The number of nitrogens with one attached hydrogen (secondary N) is 1. The number of piperidine rings is 1. The quantitative estimate of drug-likeness (QED) is 0.0887. The molecule has 40 heavy (non-hydrogen) atoms. The second-order valence-electron chi connectivity index (χ2n) is 8.59. The van der Waals surface area contributed by atoms with Crippen LogP contribution in [0.4, 0.5) is 0 Å². The lowest BCUT2D eigenvalue weighted by Crippen LogP contribution is -2.33. The van der Waals surface area contributed by atoms with Crippen LogP contribution in [-0.4, -0.2) is 158 Å². The fourth-order valence-corrected chi connectivity index (χ4v) is 3.35. The van der Waals surface area contributed by atoms with Crippen molar-refractivity contribution >= 4 is 0 Å². The standard InChI is InChI=1S/C28H53NO11/c1-2-7-30-8-9-31-10-11-32-12-13-33-14-15-34-16-17-35-18-19-36-20-21-37-22-23-38-24-25-39-26-27-40-28-3-5-29-6-4-28/h1,28-29H,3-27H2. The largest absolute Gasteiger partial charge is 0.377 e. The van der Waals surface area contributed by atoms with Crippen molar-refractivity contribution in [3.8, 4) is 12.3 Å². The first-order valence-electron chi connectivity index (χ1n) is 14.5. The summed E-state index contributed by atoms with van der Waals surface area (Å²) in [7, 11) is 0. The van der Waals surface area contributed by atoms with Crippen molar-refractivity contribution in [2.24, 2.45) is 0 Å². The molecule has 0 radical (unpaired) electrons. The van der Waals surface area contributed by atoms with Gasteiger partial charge in [0.1, 0.15) is 6.61 Å². The Morgan fingerprint density at radius 1 is 0.425 bits per heavy atom. The molecule has 1 saturated heterocycles. The molecule has 12 heteroatoms. The summed E-state index contributed by atoms with van der Waals surface area (Å²) >= 11 is 0. The Kier molecular flexibility index (Phi) is 30.2. The topological polar surface area (TPSA) is 114 Å². The van der Waals surface area contributed by atoms with Crippen LogP contribution in [0.25, 0.3) is 0 Å². The molecule has 0 unspecified atom stereocenters. The third-order valence-electron chi connectivity index (χ3n) is 5.40. The number of hydrogen-bond acceptors (Lipinski definition) is 12. The van der Waals surface area contributed by atoms with Gasteiger partial charge >= 0.3 is 0 Å². The van der Waals surface area contributed by atoms with Gasteiger partial charge in [-0.15, -0.1) is 6.42 Å². The van der Waals surface area contributed by atoms with Gasteiger partial charge in [0.05, 0.1) is 138 Å². The van der Waals surface area contributed by atoms with E-state index in [0.717, 1.165) is 25.9 Å². The molecule has 0 saturated carbocycles. The summed E-state index contributed by atoms with van der Waals surface area (Å²) in [5.74, 6) is 2.40. The van der Waals surface area contributed by atoms with Crippen molar-refractivity contribution in [3.63, 3.8) is 0 Å². The van der Waals surface area contributed by atoms with Crippen molar-refractivity contribution in [1.82, 2.24) is 5.32 Å². The molecule has 0 atom stereocenters. The first-order chi connectivity index (χ1) is 19.9. The predicted molar refractivity (Wildman–Crippen MR) is 149 cm³/mol. The highest BCUT2D eigenvalue weighted by molar-refractivity contribution is 4.82. The molecule has 0 amide bonds. The fraction of sp³-hybridized carbons (Fsp3) is 0.929. The van der Waals surface area contributed by atoms with Crippen molar-refractivity contribution in [2.45, 2.75) is 18.9 Å². The molecule has 0 aliphatic carbocycles. The van der Waals surface area contributed by atoms with Crippen LogP contribution in [0.15, 0.2) is 0 Å². The maximum Gasteiger partial charge on any atom is 0.107 e.